The lowest BCUT2D eigenvalue weighted by Crippen LogP contribution is -2.37. The lowest BCUT2D eigenvalue weighted by atomic mass is 9.92. The van der Waals surface area contributed by atoms with E-state index >= 15 is 0 Å². The summed E-state index contributed by atoms with van der Waals surface area (Å²) in [6, 6.07) is 2.34. The predicted octanol–water partition coefficient (Wildman–Crippen LogP) is 1.70. The molecule has 2 rings (SSSR count). The summed E-state index contributed by atoms with van der Waals surface area (Å²) in [4.78, 5) is 12.9. The van der Waals surface area contributed by atoms with Crippen molar-refractivity contribution in [1.82, 2.24) is 0 Å². The molecule has 1 saturated heterocycles. The third kappa shape index (κ3) is 2.85. The van der Waals surface area contributed by atoms with E-state index in [2.05, 4.69) is 0 Å². The third-order valence-corrected chi connectivity index (χ3v) is 3.91. The number of carbonyl (C=O) groups is 1. The smallest absolute Gasteiger partial charge is 0.337 e. The van der Waals surface area contributed by atoms with Crippen molar-refractivity contribution in [1.29, 1.82) is 0 Å². The normalized spacial score (nSPS) is 18.1. The summed E-state index contributed by atoms with van der Waals surface area (Å²) >= 11 is 0. The van der Waals surface area contributed by atoms with Crippen molar-refractivity contribution in [2.45, 2.75) is 25.9 Å². The average Bonchev–Trinajstić information content (AvgIpc) is 2.38. The van der Waals surface area contributed by atoms with Gasteiger partial charge in [0, 0.05) is 18.8 Å². The van der Waals surface area contributed by atoms with Crippen molar-refractivity contribution >= 4 is 17.3 Å². The highest BCUT2D eigenvalue weighted by Gasteiger charge is 2.25. The van der Waals surface area contributed by atoms with E-state index in [0.29, 0.717) is 13.1 Å². The maximum absolute atomic E-state index is 14.0. The summed E-state index contributed by atoms with van der Waals surface area (Å²) in [7, 11) is 0. The molecule has 1 unspecified atom stereocenters. The van der Waals surface area contributed by atoms with Gasteiger partial charge in [0.15, 0.2) is 0 Å². The van der Waals surface area contributed by atoms with Gasteiger partial charge in [-0.1, -0.05) is 0 Å². The minimum Gasteiger partial charge on any atom is -0.478 e. The molecular weight excluding hydrogens is 263 g/mol. The third-order valence-electron chi connectivity index (χ3n) is 3.91. The predicted molar refractivity (Wildman–Crippen MR) is 74.4 cm³/mol. The van der Waals surface area contributed by atoms with E-state index in [9.17, 15) is 14.3 Å². The monoisotopic (exact) mass is 282 g/mol. The van der Waals surface area contributed by atoms with Gasteiger partial charge in [-0.15, -0.1) is 0 Å². The maximum Gasteiger partial charge on any atom is 0.337 e. The first-order valence-electron chi connectivity index (χ1n) is 6.65. The molecule has 0 aliphatic carbocycles. The molecule has 0 radical (unpaired) electrons. The number of hydrogen-bond donors (Lipinski definition) is 3. The lowest BCUT2D eigenvalue weighted by molar-refractivity contribution is 0.0698. The molecular formula is C14H19FN2O3. The van der Waals surface area contributed by atoms with Gasteiger partial charge in [-0.05, 0) is 37.8 Å². The molecule has 0 amide bonds. The van der Waals surface area contributed by atoms with Gasteiger partial charge < -0.3 is 20.8 Å². The Bertz CT molecular complexity index is 511. The summed E-state index contributed by atoms with van der Waals surface area (Å²) in [5.74, 6) is -1.47. The molecule has 20 heavy (non-hydrogen) atoms. The van der Waals surface area contributed by atoms with Gasteiger partial charge >= 0.3 is 5.97 Å². The number of aromatic carboxylic acids is 1. The lowest BCUT2D eigenvalue weighted by Gasteiger charge is -2.35. The number of hydrogen-bond acceptors (Lipinski definition) is 4. The summed E-state index contributed by atoms with van der Waals surface area (Å²) in [5.41, 5.74) is 5.62. The molecule has 6 heteroatoms. The van der Waals surface area contributed by atoms with E-state index in [0.717, 1.165) is 18.9 Å². The Kier molecular flexibility index (Phi) is 4.13. The fourth-order valence-electron chi connectivity index (χ4n) is 2.63. The zero-order valence-corrected chi connectivity index (χ0v) is 11.3. The van der Waals surface area contributed by atoms with Crippen LogP contribution in [0.5, 0.6) is 0 Å². The first kappa shape index (κ1) is 14.6. The van der Waals surface area contributed by atoms with E-state index in [1.807, 2.05) is 0 Å². The van der Waals surface area contributed by atoms with Crippen LogP contribution in [0.3, 0.4) is 0 Å². The molecule has 1 aromatic rings. The van der Waals surface area contributed by atoms with E-state index in [1.165, 1.54) is 6.07 Å². The molecule has 1 aromatic carbocycles. The Morgan fingerprint density at radius 2 is 2.05 bits per heavy atom. The zero-order chi connectivity index (χ0) is 14.9. The van der Waals surface area contributed by atoms with Crippen molar-refractivity contribution in [3.05, 3.63) is 23.5 Å². The topological polar surface area (TPSA) is 86.8 Å². The molecule has 1 aliphatic heterocycles. The number of rotatable bonds is 3. The average molecular weight is 282 g/mol. The summed E-state index contributed by atoms with van der Waals surface area (Å²) in [6.45, 7) is 2.94. The molecule has 110 valence electrons. The van der Waals surface area contributed by atoms with Crippen molar-refractivity contribution in [3.8, 4) is 0 Å². The van der Waals surface area contributed by atoms with Gasteiger partial charge in [0.25, 0.3) is 0 Å². The van der Waals surface area contributed by atoms with Crippen molar-refractivity contribution < 1.29 is 19.4 Å². The minimum absolute atomic E-state index is 0.0717. The second kappa shape index (κ2) is 5.66. The zero-order valence-electron chi connectivity index (χ0n) is 11.3. The number of aliphatic hydroxyl groups is 1. The van der Waals surface area contributed by atoms with E-state index in [1.54, 1.807) is 11.8 Å². The van der Waals surface area contributed by atoms with Gasteiger partial charge in [0.2, 0.25) is 0 Å². The summed E-state index contributed by atoms with van der Waals surface area (Å²) < 4.78 is 14.0. The number of halogens is 1. The van der Waals surface area contributed by atoms with Gasteiger partial charge in [-0.25, -0.2) is 9.18 Å². The van der Waals surface area contributed by atoms with Gasteiger partial charge in [0.1, 0.15) is 5.82 Å². The van der Waals surface area contributed by atoms with E-state index < -0.39 is 11.8 Å². The quantitative estimate of drug-likeness (QED) is 0.735. The van der Waals surface area contributed by atoms with Crippen molar-refractivity contribution in [2.24, 2.45) is 5.92 Å². The molecule has 5 nitrogen and oxygen atoms in total. The highest BCUT2D eigenvalue weighted by Crippen LogP contribution is 2.30. The first-order valence-corrected chi connectivity index (χ1v) is 6.65. The molecule has 4 N–H and O–H groups in total. The minimum atomic E-state index is -1.16. The van der Waals surface area contributed by atoms with Gasteiger partial charge in [-0.3, -0.25) is 0 Å². The fraction of sp³-hybridized carbons (Fsp3) is 0.500. The van der Waals surface area contributed by atoms with Crippen LogP contribution < -0.4 is 10.6 Å². The van der Waals surface area contributed by atoms with E-state index in [-0.39, 0.29) is 29.0 Å². The fourth-order valence-corrected chi connectivity index (χ4v) is 2.63. The largest absolute Gasteiger partial charge is 0.478 e. The highest BCUT2D eigenvalue weighted by molar-refractivity contribution is 5.95. The van der Waals surface area contributed by atoms with Crippen LogP contribution >= 0.6 is 0 Å². The number of nitrogens with zero attached hydrogens (tertiary/aromatic N) is 1. The molecule has 0 bridgehead atoms. The Morgan fingerprint density at radius 1 is 1.45 bits per heavy atom. The number of aliphatic hydroxyl groups excluding tert-OH is 1. The Hall–Kier alpha value is -1.82. The standard InChI is InChI=1S/C14H19FN2O3/c1-8(18)9-2-4-17(5-3-9)13-6-10(14(19)20)12(16)7-11(13)15/h6-9,18H,2-5,16H2,1H3,(H,19,20). The van der Waals surface area contributed by atoms with Crippen LogP contribution in [0.1, 0.15) is 30.1 Å². The molecule has 1 heterocycles. The summed E-state index contributed by atoms with van der Waals surface area (Å²) in [5, 5.41) is 18.6. The SMILES string of the molecule is CC(O)C1CCN(c2cc(C(=O)O)c(N)cc2F)CC1. The molecule has 0 saturated carbocycles. The Labute approximate surface area is 116 Å². The number of anilines is 2. The number of piperidine rings is 1. The number of nitrogen functional groups attached to an aromatic ring is 1. The van der Waals surface area contributed by atoms with Crippen molar-refractivity contribution in [2.75, 3.05) is 23.7 Å². The molecule has 1 atom stereocenters. The Morgan fingerprint density at radius 3 is 2.55 bits per heavy atom. The Balaban J connectivity index is 2.21. The molecule has 1 aliphatic rings. The molecule has 0 aromatic heterocycles. The van der Waals surface area contributed by atoms with Crippen LogP contribution in [-0.4, -0.2) is 35.4 Å². The highest BCUT2D eigenvalue weighted by atomic mass is 19.1. The van der Waals surface area contributed by atoms with Crippen LogP contribution in [0, 0.1) is 11.7 Å². The van der Waals surface area contributed by atoms with Gasteiger partial charge in [0.05, 0.1) is 17.4 Å². The van der Waals surface area contributed by atoms with Crippen LogP contribution in [0.4, 0.5) is 15.8 Å². The molecule has 1 fully saturated rings. The molecule has 0 spiro atoms. The van der Waals surface area contributed by atoms with Gasteiger partial charge in [-0.2, -0.15) is 0 Å². The van der Waals surface area contributed by atoms with E-state index in [4.69, 9.17) is 10.8 Å². The van der Waals surface area contributed by atoms with Crippen LogP contribution in [0.15, 0.2) is 12.1 Å². The van der Waals surface area contributed by atoms with Crippen LogP contribution in [0.2, 0.25) is 0 Å². The number of nitrogens with two attached hydrogens (primary N) is 1. The summed E-state index contributed by atoms with van der Waals surface area (Å²) in [6.07, 6.45) is 1.14. The van der Waals surface area contributed by atoms with Crippen LogP contribution in [-0.2, 0) is 0 Å². The number of carboxylic acid groups (broad SMARTS) is 1. The number of carboxylic acids is 1. The second-order valence-corrected chi connectivity index (χ2v) is 5.26. The van der Waals surface area contributed by atoms with Crippen LogP contribution in [0.25, 0.3) is 0 Å². The second-order valence-electron chi connectivity index (χ2n) is 5.26. The first-order chi connectivity index (χ1) is 9.40. The maximum atomic E-state index is 14.0. The van der Waals surface area contributed by atoms with Crippen molar-refractivity contribution in [3.63, 3.8) is 0 Å². The number of benzene rings is 1.